The van der Waals surface area contributed by atoms with Gasteiger partial charge in [-0.25, -0.2) is 8.42 Å². The zero-order valence-electron chi connectivity index (χ0n) is 11.0. The minimum Gasteiger partial charge on any atom is -0.294 e. The normalized spacial score (nSPS) is 14.9. The van der Waals surface area contributed by atoms with Crippen molar-refractivity contribution < 1.29 is 13.2 Å². The lowest BCUT2D eigenvalue weighted by Gasteiger charge is -2.29. The van der Waals surface area contributed by atoms with Gasteiger partial charge >= 0.3 is 0 Å². The van der Waals surface area contributed by atoms with Gasteiger partial charge in [-0.2, -0.15) is 0 Å². The van der Waals surface area contributed by atoms with Crippen molar-refractivity contribution in [2.24, 2.45) is 0 Å². The number of ketones is 1. The van der Waals surface area contributed by atoms with E-state index in [0.29, 0.717) is 16.3 Å². The summed E-state index contributed by atoms with van der Waals surface area (Å²) < 4.78 is 26.8. The lowest BCUT2D eigenvalue weighted by Crippen LogP contribution is -2.37. The molecule has 6 heteroatoms. The maximum absolute atomic E-state index is 12.7. The van der Waals surface area contributed by atoms with E-state index in [0.717, 1.165) is 0 Å². The quantitative estimate of drug-likeness (QED) is 0.854. The molecule has 1 aliphatic heterocycles. The second-order valence-corrected chi connectivity index (χ2v) is 7.02. The maximum atomic E-state index is 12.7. The van der Waals surface area contributed by atoms with E-state index in [1.54, 1.807) is 24.3 Å². The molecule has 2 aromatic carbocycles. The van der Waals surface area contributed by atoms with Gasteiger partial charge in [0.15, 0.2) is 5.78 Å². The van der Waals surface area contributed by atoms with Crippen molar-refractivity contribution in [3.05, 3.63) is 59.1 Å². The first kappa shape index (κ1) is 14.1. The molecule has 0 aromatic heterocycles. The third-order valence-electron chi connectivity index (χ3n) is 3.42. The van der Waals surface area contributed by atoms with Crippen molar-refractivity contribution in [1.29, 1.82) is 0 Å². The van der Waals surface area contributed by atoms with Gasteiger partial charge in [-0.1, -0.05) is 23.7 Å². The van der Waals surface area contributed by atoms with E-state index >= 15 is 0 Å². The highest BCUT2D eigenvalue weighted by Crippen LogP contribution is 2.31. The molecule has 2 aromatic rings. The number of hydrogen-bond donors (Lipinski definition) is 0. The predicted molar refractivity (Wildman–Crippen MR) is 81.4 cm³/mol. The molecule has 1 aliphatic rings. The van der Waals surface area contributed by atoms with Gasteiger partial charge in [0.05, 0.1) is 10.6 Å². The summed E-state index contributed by atoms with van der Waals surface area (Å²) in [6.07, 6.45) is 0.184. The molecular weight excluding hydrogens is 310 g/mol. The van der Waals surface area contributed by atoms with Crippen molar-refractivity contribution in [2.45, 2.75) is 11.3 Å². The van der Waals surface area contributed by atoms with Crippen molar-refractivity contribution in [3.63, 3.8) is 0 Å². The van der Waals surface area contributed by atoms with Crippen LogP contribution < -0.4 is 4.31 Å². The van der Waals surface area contributed by atoms with Crippen molar-refractivity contribution in [2.75, 3.05) is 10.8 Å². The Morgan fingerprint density at radius 3 is 2.38 bits per heavy atom. The van der Waals surface area contributed by atoms with Gasteiger partial charge in [0.2, 0.25) is 0 Å². The van der Waals surface area contributed by atoms with Crippen LogP contribution in [0.3, 0.4) is 0 Å². The topological polar surface area (TPSA) is 54.5 Å². The molecule has 0 atom stereocenters. The lowest BCUT2D eigenvalue weighted by molar-refractivity contribution is 0.0982. The summed E-state index contributed by atoms with van der Waals surface area (Å²) in [4.78, 5) is 12.1. The second-order valence-electron chi connectivity index (χ2n) is 4.72. The van der Waals surface area contributed by atoms with Gasteiger partial charge in [-0.3, -0.25) is 9.10 Å². The average molecular weight is 322 g/mol. The molecule has 21 heavy (non-hydrogen) atoms. The van der Waals surface area contributed by atoms with Crippen molar-refractivity contribution in [3.8, 4) is 0 Å². The van der Waals surface area contributed by atoms with Crippen LogP contribution in [0.15, 0.2) is 53.4 Å². The molecule has 0 aliphatic carbocycles. The first-order chi connectivity index (χ1) is 10.00. The van der Waals surface area contributed by atoms with Crippen LogP contribution in [0.25, 0.3) is 0 Å². The van der Waals surface area contributed by atoms with E-state index in [1.807, 2.05) is 0 Å². The number of carbonyl (C=O) groups excluding carboxylic acids is 1. The summed E-state index contributed by atoms with van der Waals surface area (Å²) in [7, 11) is -3.69. The summed E-state index contributed by atoms with van der Waals surface area (Å²) in [6.45, 7) is 0.154. The Labute approximate surface area is 128 Å². The zero-order valence-corrected chi connectivity index (χ0v) is 12.6. The van der Waals surface area contributed by atoms with Gasteiger partial charge in [0.25, 0.3) is 10.0 Å². The van der Waals surface area contributed by atoms with Crippen molar-refractivity contribution >= 4 is 33.1 Å². The molecule has 0 radical (unpaired) electrons. The standard InChI is InChI=1S/C15H12ClNO3S/c16-11-5-7-12(8-6-11)21(19,20)17-10-9-15(18)13-3-1-2-4-14(13)17/h1-8H,9-10H2. The summed E-state index contributed by atoms with van der Waals surface area (Å²) in [5.41, 5.74) is 0.880. The molecule has 0 bridgehead atoms. The number of rotatable bonds is 2. The molecule has 0 unspecified atom stereocenters. The van der Waals surface area contributed by atoms with E-state index in [4.69, 9.17) is 11.6 Å². The monoisotopic (exact) mass is 321 g/mol. The van der Waals surface area contributed by atoms with Crippen LogP contribution in [0.2, 0.25) is 5.02 Å². The number of sulfonamides is 1. The van der Waals surface area contributed by atoms with Crippen LogP contribution in [0.4, 0.5) is 5.69 Å². The van der Waals surface area contributed by atoms with Gasteiger partial charge < -0.3 is 0 Å². The fourth-order valence-electron chi connectivity index (χ4n) is 2.37. The van der Waals surface area contributed by atoms with Gasteiger partial charge in [0, 0.05) is 23.6 Å². The largest absolute Gasteiger partial charge is 0.294 e. The molecule has 108 valence electrons. The SMILES string of the molecule is O=C1CCN(S(=O)(=O)c2ccc(Cl)cc2)c2ccccc21. The van der Waals surface area contributed by atoms with Crippen LogP contribution >= 0.6 is 11.6 Å². The second kappa shape index (κ2) is 5.16. The van der Waals surface area contributed by atoms with E-state index in [-0.39, 0.29) is 23.6 Å². The highest BCUT2D eigenvalue weighted by atomic mass is 35.5. The third-order valence-corrected chi connectivity index (χ3v) is 5.50. The molecule has 0 saturated heterocycles. The molecule has 0 spiro atoms. The van der Waals surface area contributed by atoms with Crippen LogP contribution in [-0.4, -0.2) is 20.7 Å². The van der Waals surface area contributed by atoms with E-state index in [2.05, 4.69) is 0 Å². The number of hydrogen-bond acceptors (Lipinski definition) is 3. The highest BCUT2D eigenvalue weighted by Gasteiger charge is 2.31. The first-order valence-corrected chi connectivity index (χ1v) is 8.22. The lowest BCUT2D eigenvalue weighted by atomic mass is 10.0. The number of fused-ring (bicyclic) bond motifs is 1. The summed E-state index contributed by atoms with van der Waals surface area (Å²) in [6, 6.07) is 12.8. The van der Waals surface area contributed by atoms with Crippen LogP contribution in [0.1, 0.15) is 16.8 Å². The zero-order chi connectivity index (χ0) is 15.0. The Hall–Kier alpha value is -1.85. The minimum absolute atomic E-state index is 0.0341. The van der Waals surface area contributed by atoms with Crippen LogP contribution in [-0.2, 0) is 10.0 Å². The molecule has 0 amide bonds. The third kappa shape index (κ3) is 2.43. The van der Waals surface area contributed by atoms with Gasteiger partial charge in [0.1, 0.15) is 0 Å². The van der Waals surface area contributed by atoms with Gasteiger partial charge in [-0.05, 0) is 36.4 Å². The number of carbonyl (C=O) groups is 1. The van der Waals surface area contributed by atoms with Crippen molar-refractivity contribution in [1.82, 2.24) is 0 Å². The molecule has 0 fully saturated rings. The molecule has 1 heterocycles. The van der Waals surface area contributed by atoms with E-state index in [1.165, 1.54) is 28.6 Å². The number of halogens is 1. The molecular formula is C15H12ClNO3S. The van der Waals surface area contributed by atoms with Gasteiger partial charge in [-0.15, -0.1) is 0 Å². The maximum Gasteiger partial charge on any atom is 0.264 e. The average Bonchev–Trinajstić information content (AvgIpc) is 2.48. The first-order valence-electron chi connectivity index (χ1n) is 6.41. The summed E-state index contributed by atoms with van der Waals surface area (Å²) >= 11 is 5.79. The molecule has 0 saturated carbocycles. The Bertz CT molecular complexity index is 800. The Balaban J connectivity index is 2.10. The molecule has 3 rings (SSSR count). The fraction of sp³-hybridized carbons (Fsp3) is 0.133. The summed E-state index contributed by atoms with van der Waals surface area (Å²) in [5.74, 6) is -0.0341. The molecule has 0 N–H and O–H groups in total. The van der Waals surface area contributed by atoms with E-state index in [9.17, 15) is 13.2 Å². The van der Waals surface area contributed by atoms with Crippen LogP contribution in [0, 0.1) is 0 Å². The summed E-state index contributed by atoms with van der Waals surface area (Å²) in [5, 5.41) is 0.475. The number of benzene rings is 2. The number of anilines is 1. The highest BCUT2D eigenvalue weighted by molar-refractivity contribution is 7.92. The molecule has 4 nitrogen and oxygen atoms in total. The Morgan fingerprint density at radius 1 is 1.00 bits per heavy atom. The predicted octanol–water partition coefficient (Wildman–Crippen LogP) is 3.12. The number of nitrogens with zero attached hydrogens (tertiary/aromatic N) is 1. The number of para-hydroxylation sites is 1. The number of Topliss-reactive ketones (excluding diaryl/α,β-unsaturated/α-hetero) is 1. The fourth-order valence-corrected chi connectivity index (χ4v) is 3.98. The minimum atomic E-state index is -3.69. The Morgan fingerprint density at radius 2 is 1.67 bits per heavy atom. The smallest absolute Gasteiger partial charge is 0.264 e. The van der Waals surface area contributed by atoms with Crippen LogP contribution in [0.5, 0.6) is 0 Å². The van der Waals surface area contributed by atoms with E-state index < -0.39 is 10.0 Å². The Kier molecular flexibility index (Phi) is 3.47.